The number of hydrogen-bond acceptors (Lipinski definition) is 26. The third kappa shape index (κ3) is 21.0. The summed E-state index contributed by atoms with van der Waals surface area (Å²) in [6.07, 6.45) is -7.14. The first-order chi connectivity index (χ1) is 59.1. The highest BCUT2D eigenvalue weighted by Crippen LogP contribution is 2.54. The minimum absolute atomic E-state index is 0.00964. The SMILES string of the molecule is CCCCCCc1ccc(S(=O)(=O)NCCCCCCNCc2c(O)cc3c4c2C(O)(O)c2ccc(cc2-4)C2NC(=O)C4NC(=O)C(CCN)NC(=O)C(NC(=O)CCC(C)C)C(O)c5ccc(c(Cl)c5)Oc5cc4cc(c5OC4OC(CO)CC(O)C4OC4CC(C)(NC=O)C(O)C(C)O4)Oc4ccc(cc4Cl)C(O)C(NC2=O)C(=O)NC3C(=O)O)cc1. The zero-order chi connectivity index (χ0) is 89.4. The van der Waals surface area contributed by atoms with Crippen LogP contribution in [0.4, 0.5) is 0 Å². The van der Waals surface area contributed by atoms with Crippen LogP contribution in [0.15, 0.2) is 102 Å². The van der Waals surface area contributed by atoms with Crippen molar-refractivity contribution in [1.29, 1.82) is 0 Å². The standard InChI is InChI=1S/C86H106Cl2N10O25S/c1-6-7-8-11-14-44-16-21-50(22-17-44)124(116,117)92-30-13-10-9-12-29-90-39-53-58(101)37-52-66-51-31-45(18-23-54(51)86(114,115)67(53)66)68-79(108)98-72(82(111)97-70(52)83(112)113)74(105)47-20-25-61(56(88)33-47)121-63-35-48-34-62(76(63)123-84-75(59(102)36-49(40-99)119-84)122-65-38-85(5,91-41-100)77(106)43(4)118-65)120-60-24-19-46(32-55(60)87)73(104)71(94-64(103)26-15-42(2)3)81(110)93-57(27-28-89)78(107)95-69(48)80(109)96-68/h16-25,31-35,37,41-43,49,57,59,65,68-75,77,84,90,92,99,101-102,104-106,114-115H,6-15,26-30,36,38-40,89H2,1-5H3,(H,91,100)(H,93,110)(H,94,103)(H,95,107)(H,96,109)(H,97,111)(H,98,108)(H,112,113). The van der Waals surface area contributed by atoms with Crippen molar-refractivity contribution in [3.8, 4) is 45.6 Å². The highest BCUT2D eigenvalue weighted by molar-refractivity contribution is 7.89. The molecule has 35 nitrogen and oxygen atoms in total. The van der Waals surface area contributed by atoms with Gasteiger partial charge in [0.05, 0.1) is 45.4 Å². The number of nitrogens with one attached hydrogen (secondary N) is 9. The maximum Gasteiger partial charge on any atom is 0.330 e. The van der Waals surface area contributed by atoms with E-state index in [1.54, 1.807) is 12.1 Å². The number of aliphatic hydroxyl groups is 7. The first-order valence-corrected chi connectivity index (χ1v) is 43.6. The maximum absolute atomic E-state index is 16.4. The number of aliphatic hydroxyl groups excluding tert-OH is 5. The van der Waals surface area contributed by atoms with Crippen LogP contribution in [0.1, 0.15) is 198 Å². The van der Waals surface area contributed by atoms with E-state index < -0.39 is 206 Å². The Morgan fingerprint density at radius 1 is 0.734 bits per heavy atom. The van der Waals surface area contributed by atoms with Gasteiger partial charge in [0, 0.05) is 49.0 Å². The number of carboxylic acids is 1. The lowest BCUT2D eigenvalue weighted by Crippen LogP contribution is -2.63. The van der Waals surface area contributed by atoms with E-state index in [-0.39, 0.29) is 117 Å². The predicted octanol–water partition coefficient (Wildman–Crippen LogP) is 5.04. The number of rotatable bonds is 30. The lowest BCUT2D eigenvalue weighted by molar-refractivity contribution is -0.317. The van der Waals surface area contributed by atoms with Gasteiger partial charge in [0.25, 0.3) is 0 Å². The molecular formula is C86H106Cl2N10O25S. The minimum atomic E-state index is -3.79. The number of carbonyl (C=O) groups excluding carboxylic acids is 7. The van der Waals surface area contributed by atoms with Crippen molar-refractivity contribution >= 4 is 81.0 Å². The van der Waals surface area contributed by atoms with Crippen LogP contribution >= 0.6 is 23.2 Å². The van der Waals surface area contributed by atoms with E-state index in [0.717, 1.165) is 68.0 Å². The summed E-state index contributed by atoms with van der Waals surface area (Å²) in [6.45, 7) is 7.94. The molecule has 2 saturated heterocycles. The molecular weight excluding hydrogens is 1680 g/mol. The zero-order valence-corrected chi connectivity index (χ0v) is 71.1. The Labute approximate surface area is 725 Å². The number of halogens is 2. The molecule has 2 fully saturated rings. The molecule has 6 aromatic carbocycles. The van der Waals surface area contributed by atoms with Crippen LogP contribution in [0.3, 0.4) is 0 Å². The summed E-state index contributed by atoms with van der Waals surface area (Å²) >= 11 is 14.3. The summed E-state index contributed by atoms with van der Waals surface area (Å²) in [6, 6.07) is 8.31. The molecule has 6 aromatic rings. The molecule has 124 heavy (non-hydrogen) atoms. The zero-order valence-electron chi connectivity index (χ0n) is 68.8. The molecule has 0 aromatic heterocycles. The summed E-state index contributed by atoms with van der Waals surface area (Å²) in [5, 5.41) is 128. The smallest absolute Gasteiger partial charge is 0.330 e. The molecule has 16 atom stereocenters. The normalized spacial score (nSPS) is 26.1. The van der Waals surface area contributed by atoms with E-state index >= 15 is 19.2 Å². The molecule has 0 saturated carbocycles. The molecule has 14 rings (SSSR count). The van der Waals surface area contributed by atoms with Crippen LogP contribution in [0, 0.1) is 5.92 Å². The molecule has 0 spiro atoms. The Kier molecular flexibility index (Phi) is 30.4. The van der Waals surface area contributed by atoms with E-state index in [1.165, 1.54) is 56.3 Å². The highest BCUT2D eigenvalue weighted by Gasteiger charge is 2.52. The van der Waals surface area contributed by atoms with Gasteiger partial charge in [0.2, 0.25) is 69.7 Å². The van der Waals surface area contributed by atoms with Crippen molar-refractivity contribution in [1.82, 2.24) is 47.3 Å². The van der Waals surface area contributed by atoms with Crippen LogP contribution in [-0.2, 0) is 81.3 Å². The van der Waals surface area contributed by atoms with Gasteiger partial charge >= 0.3 is 5.97 Å². The first-order valence-electron chi connectivity index (χ1n) is 41.4. The monoisotopic (exact) mass is 1780 g/mol. The molecule has 8 aliphatic rings. The number of amides is 7. The third-order valence-electron chi connectivity index (χ3n) is 23.1. The molecule has 7 aliphatic heterocycles. The van der Waals surface area contributed by atoms with Crippen LogP contribution in [0.5, 0.6) is 34.5 Å². The topological polar surface area (TPSA) is 542 Å². The summed E-state index contributed by atoms with van der Waals surface area (Å²) in [5.74, 6) is -14.9. The van der Waals surface area contributed by atoms with Crippen molar-refractivity contribution in [2.45, 2.75) is 239 Å². The Morgan fingerprint density at radius 2 is 1.37 bits per heavy atom. The Balaban J connectivity index is 0.965. The lowest BCUT2D eigenvalue weighted by Gasteiger charge is -2.47. The number of aryl methyl sites for hydroxylation is 1. The van der Waals surface area contributed by atoms with Gasteiger partial charge in [0.15, 0.2) is 23.8 Å². The largest absolute Gasteiger partial charge is 0.508 e. The number of nitrogens with two attached hydrogens (primary N) is 1. The van der Waals surface area contributed by atoms with E-state index in [0.29, 0.717) is 38.5 Å². The van der Waals surface area contributed by atoms with Crippen molar-refractivity contribution in [3.63, 3.8) is 0 Å². The number of carboxylic acid groups (broad SMARTS) is 1. The number of unbranched alkanes of at least 4 members (excludes halogenated alkanes) is 6. The number of ether oxygens (including phenoxy) is 6. The number of carbonyl (C=O) groups is 8. The Hall–Kier alpha value is -9.71. The number of benzene rings is 6. The number of aromatic hydroxyl groups is 1. The number of phenols is 1. The fourth-order valence-electron chi connectivity index (χ4n) is 16.3. The maximum atomic E-state index is 16.4. The second-order valence-corrected chi connectivity index (χ2v) is 35.2. The molecule has 670 valence electrons. The molecule has 7 amide bonds. The molecule has 0 radical (unpaired) electrons. The van der Waals surface area contributed by atoms with Gasteiger partial charge in [-0.3, -0.25) is 33.6 Å². The summed E-state index contributed by atoms with van der Waals surface area (Å²) in [4.78, 5) is 118. The molecule has 16 unspecified atom stereocenters. The van der Waals surface area contributed by atoms with Crippen LogP contribution < -0.4 is 67.2 Å². The van der Waals surface area contributed by atoms with Gasteiger partial charge in [-0.2, -0.15) is 0 Å². The summed E-state index contributed by atoms with van der Waals surface area (Å²) in [5.41, 5.74) is 2.99. The number of fused-ring (bicyclic) bond motifs is 12. The Morgan fingerprint density at radius 3 is 2.01 bits per heavy atom. The van der Waals surface area contributed by atoms with Gasteiger partial charge in [-0.1, -0.05) is 112 Å². The van der Waals surface area contributed by atoms with Crippen LogP contribution in [-0.4, -0.2) is 195 Å². The molecule has 38 heteroatoms. The van der Waals surface area contributed by atoms with Crippen molar-refractivity contribution in [3.05, 3.63) is 157 Å². The van der Waals surface area contributed by atoms with E-state index in [2.05, 4.69) is 54.2 Å². The number of aliphatic carboxylic acids is 1. The van der Waals surface area contributed by atoms with Gasteiger partial charge < -0.3 is 123 Å². The van der Waals surface area contributed by atoms with Crippen molar-refractivity contribution in [2.75, 3.05) is 26.2 Å². The fourth-order valence-corrected chi connectivity index (χ4v) is 17.8. The van der Waals surface area contributed by atoms with E-state index in [1.807, 2.05) is 26.0 Å². The average Bonchev–Trinajstić information content (AvgIpc) is 1.55. The van der Waals surface area contributed by atoms with Gasteiger partial charge in [0.1, 0.15) is 71.9 Å². The number of phenolic OH excluding ortho intramolecular Hbond substituents is 1. The van der Waals surface area contributed by atoms with Crippen LogP contribution in [0.25, 0.3) is 11.1 Å². The minimum Gasteiger partial charge on any atom is -0.508 e. The lowest BCUT2D eigenvalue weighted by atomic mass is 9.85. The molecule has 11 bridgehead atoms. The number of sulfonamides is 1. The first kappa shape index (κ1) is 93.4. The van der Waals surface area contributed by atoms with Crippen molar-refractivity contribution in [2.24, 2.45) is 11.7 Å². The molecule has 1 aliphatic carbocycles. The Bertz CT molecular complexity index is 5070. The van der Waals surface area contributed by atoms with Gasteiger partial charge in [-0.15, -0.1) is 0 Å². The second kappa shape index (κ2) is 40.3. The van der Waals surface area contributed by atoms with E-state index in [9.17, 15) is 73.6 Å². The second-order valence-electron chi connectivity index (χ2n) is 32.6. The quantitative estimate of drug-likeness (QED) is 0.0160. The third-order valence-corrected chi connectivity index (χ3v) is 25.2. The van der Waals surface area contributed by atoms with Gasteiger partial charge in [-0.05, 0) is 177 Å². The predicted molar refractivity (Wildman–Crippen MR) is 446 cm³/mol. The molecule has 20 N–H and O–H groups in total. The average molecular weight is 1780 g/mol. The van der Waals surface area contributed by atoms with E-state index in [4.69, 9.17) is 57.4 Å². The van der Waals surface area contributed by atoms with Gasteiger partial charge in [-0.25, -0.2) is 17.9 Å². The molecule has 7 heterocycles. The highest BCUT2D eigenvalue weighted by atomic mass is 35.5. The summed E-state index contributed by atoms with van der Waals surface area (Å²) in [7, 11) is -3.79. The van der Waals surface area contributed by atoms with Crippen LogP contribution in [0.2, 0.25) is 10.0 Å². The summed E-state index contributed by atoms with van der Waals surface area (Å²) < 4.78 is 68.3. The van der Waals surface area contributed by atoms with Crippen molar-refractivity contribution < 1.29 is 121 Å². The number of hydrogen-bond donors (Lipinski definition) is 19. The fraction of sp³-hybridized carbons (Fsp3) is 0.488.